The maximum Gasteiger partial charge on any atom is 0.251 e. The van der Waals surface area contributed by atoms with Crippen molar-refractivity contribution in [3.8, 4) is 17.1 Å². The van der Waals surface area contributed by atoms with Crippen molar-refractivity contribution in [3.63, 3.8) is 0 Å². The number of carbonyl (C=O) groups excluding carboxylic acids is 2. The number of nitrogens with one attached hydrogen (secondary N) is 1. The zero-order valence-electron chi connectivity index (χ0n) is 21.3. The number of ether oxygens (including phenoxy) is 1. The number of nitrogens with zero attached hydrogens (tertiary/aromatic N) is 5. The van der Waals surface area contributed by atoms with Crippen LogP contribution in [0, 0.1) is 11.6 Å². The first-order valence-electron chi connectivity index (χ1n) is 12.7. The van der Waals surface area contributed by atoms with Gasteiger partial charge in [-0.15, -0.1) is 10.2 Å². The molecular weight excluding hydrogens is 522 g/mol. The van der Waals surface area contributed by atoms with E-state index in [0.717, 1.165) is 17.6 Å². The smallest absolute Gasteiger partial charge is 0.251 e. The minimum Gasteiger partial charge on any atom is -0.508 e. The molecule has 0 unspecified atom stereocenters. The van der Waals surface area contributed by atoms with Crippen LogP contribution in [-0.4, -0.2) is 56.4 Å². The van der Waals surface area contributed by atoms with Gasteiger partial charge in [-0.3, -0.25) is 14.5 Å². The lowest BCUT2D eigenvalue weighted by atomic mass is 10.0. The van der Waals surface area contributed by atoms with Crippen molar-refractivity contribution < 1.29 is 28.2 Å². The van der Waals surface area contributed by atoms with E-state index < -0.39 is 36.0 Å². The molecule has 2 atom stereocenters. The van der Waals surface area contributed by atoms with E-state index in [1.165, 1.54) is 71.6 Å². The fourth-order valence-corrected chi connectivity index (χ4v) is 4.48. The maximum absolute atomic E-state index is 13.8. The lowest BCUT2D eigenvalue weighted by Crippen LogP contribution is -2.46. The largest absolute Gasteiger partial charge is 0.508 e. The predicted octanol–water partition coefficient (Wildman–Crippen LogP) is 3.39. The summed E-state index contributed by atoms with van der Waals surface area (Å²) in [5, 5.41) is 25.2. The summed E-state index contributed by atoms with van der Waals surface area (Å²) in [5.41, 5.74) is 1.08. The summed E-state index contributed by atoms with van der Waals surface area (Å²) in [6.07, 6.45) is 1.54. The van der Waals surface area contributed by atoms with Crippen LogP contribution >= 0.6 is 0 Å². The Morgan fingerprint density at radius 3 is 2.48 bits per heavy atom. The van der Waals surface area contributed by atoms with Crippen molar-refractivity contribution in [2.75, 3.05) is 18.1 Å². The standard InChI is InChI=1S/C28H26F2N6O4/c29-20-10-6-18(7-11-20)26(28(39)31-16-24-5-2-14-40-24)36(22-3-1-4-23(37)15-22)25(38)17-35-33-27(32-34-35)19-8-12-21(30)13-9-19/h1,3-4,6-13,15,24,26,37H,2,5,14,16-17H2,(H,31,39)/t24-,26-/m0/s1. The van der Waals surface area contributed by atoms with Gasteiger partial charge in [-0.05, 0) is 72.1 Å². The van der Waals surface area contributed by atoms with Crippen molar-refractivity contribution in [1.29, 1.82) is 0 Å². The first-order chi connectivity index (χ1) is 19.4. The van der Waals surface area contributed by atoms with Crippen molar-refractivity contribution in [1.82, 2.24) is 25.5 Å². The monoisotopic (exact) mass is 548 g/mol. The van der Waals surface area contributed by atoms with Crippen molar-refractivity contribution >= 4 is 17.5 Å². The average Bonchev–Trinajstić information content (AvgIpc) is 3.64. The molecule has 1 fully saturated rings. The molecule has 1 aliphatic heterocycles. The molecule has 10 nitrogen and oxygen atoms in total. The third-order valence-electron chi connectivity index (χ3n) is 6.43. The highest BCUT2D eigenvalue weighted by atomic mass is 19.1. The van der Waals surface area contributed by atoms with Gasteiger partial charge in [0.1, 0.15) is 30.0 Å². The van der Waals surface area contributed by atoms with E-state index in [0.29, 0.717) is 17.7 Å². The van der Waals surface area contributed by atoms with Crippen molar-refractivity contribution in [2.45, 2.75) is 31.5 Å². The fourth-order valence-electron chi connectivity index (χ4n) is 4.48. The zero-order valence-corrected chi connectivity index (χ0v) is 21.3. The molecule has 2 amide bonds. The lowest BCUT2D eigenvalue weighted by Gasteiger charge is -2.31. The number of phenols is 1. The summed E-state index contributed by atoms with van der Waals surface area (Å²) in [4.78, 5) is 29.8. The minimum absolute atomic E-state index is 0.120. The van der Waals surface area contributed by atoms with E-state index in [1.54, 1.807) is 6.07 Å². The van der Waals surface area contributed by atoms with Gasteiger partial charge in [0.05, 0.1) is 6.10 Å². The maximum atomic E-state index is 13.8. The quantitative estimate of drug-likeness (QED) is 0.329. The van der Waals surface area contributed by atoms with Crippen LogP contribution in [0.5, 0.6) is 5.75 Å². The van der Waals surface area contributed by atoms with Gasteiger partial charge >= 0.3 is 0 Å². The molecule has 2 N–H and O–H groups in total. The Hall–Kier alpha value is -4.71. The van der Waals surface area contributed by atoms with Crippen LogP contribution < -0.4 is 10.2 Å². The van der Waals surface area contributed by atoms with E-state index in [9.17, 15) is 23.5 Å². The van der Waals surface area contributed by atoms with Gasteiger partial charge in [0.15, 0.2) is 0 Å². The number of hydrogen-bond acceptors (Lipinski definition) is 7. The molecule has 1 aliphatic rings. The summed E-state index contributed by atoms with van der Waals surface area (Å²) in [6, 6.07) is 15.4. The van der Waals surface area contributed by atoms with Gasteiger partial charge in [0, 0.05) is 30.5 Å². The molecule has 0 bridgehead atoms. The SMILES string of the molecule is O=C(NC[C@@H]1CCCO1)[C@H](c1ccc(F)cc1)N(C(=O)Cn1nnc(-c2ccc(F)cc2)n1)c1cccc(O)c1. The fraction of sp³-hybridized carbons (Fsp3) is 0.250. The second kappa shape index (κ2) is 12.0. The van der Waals surface area contributed by atoms with Crippen LogP contribution in [0.3, 0.4) is 0 Å². The van der Waals surface area contributed by atoms with Crippen LogP contribution in [0.15, 0.2) is 72.8 Å². The molecular formula is C28H26F2N6O4. The number of aromatic nitrogens is 4. The normalized spacial score (nSPS) is 15.5. The summed E-state index contributed by atoms with van der Waals surface area (Å²) in [5.74, 6) is -1.98. The number of tetrazole rings is 1. The molecule has 3 aromatic carbocycles. The molecule has 0 radical (unpaired) electrons. The number of aromatic hydroxyl groups is 1. The molecule has 206 valence electrons. The molecule has 4 aromatic rings. The summed E-state index contributed by atoms with van der Waals surface area (Å²) < 4.78 is 32.7. The molecule has 0 saturated carbocycles. The Balaban J connectivity index is 1.48. The number of rotatable bonds is 9. The van der Waals surface area contributed by atoms with E-state index in [2.05, 4.69) is 20.7 Å². The van der Waals surface area contributed by atoms with Gasteiger partial charge in [0.2, 0.25) is 11.7 Å². The average molecular weight is 549 g/mol. The van der Waals surface area contributed by atoms with Crippen LogP contribution in [0.25, 0.3) is 11.4 Å². The van der Waals surface area contributed by atoms with E-state index in [4.69, 9.17) is 4.74 Å². The molecule has 12 heteroatoms. The molecule has 0 spiro atoms. The van der Waals surface area contributed by atoms with Crippen molar-refractivity contribution in [2.24, 2.45) is 0 Å². The molecule has 40 heavy (non-hydrogen) atoms. The van der Waals surface area contributed by atoms with E-state index in [1.807, 2.05) is 0 Å². The highest BCUT2D eigenvalue weighted by Crippen LogP contribution is 2.31. The van der Waals surface area contributed by atoms with E-state index in [-0.39, 0.29) is 29.9 Å². The van der Waals surface area contributed by atoms with Gasteiger partial charge in [-0.2, -0.15) is 4.80 Å². The van der Waals surface area contributed by atoms with E-state index >= 15 is 0 Å². The Kier molecular flexibility index (Phi) is 8.06. The Bertz CT molecular complexity index is 1470. The van der Waals surface area contributed by atoms with Crippen LogP contribution in [0.2, 0.25) is 0 Å². The molecule has 0 aliphatic carbocycles. The highest BCUT2D eigenvalue weighted by molar-refractivity contribution is 6.01. The topological polar surface area (TPSA) is 122 Å². The third-order valence-corrected chi connectivity index (χ3v) is 6.43. The Labute approximate surface area is 228 Å². The zero-order chi connectivity index (χ0) is 28.1. The number of hydrogen-bond donors (Lipinski definition) is 2. The number of amides is 2. The highest BCUT2D eigenvalue weighted by Gasteiger charge is 2.34. The van der Waals surface area contributed by atoms with Gasteiger partial charge < -0.3 is 15.2 Å². The Morgan fingerprint density at radius 1 is 1.07 bits per heavy atom. The number of halogens is 2. The summed E-state index contributed by atoms with van der Waals surface area (Å²) in [6.45, 7) is 0.436. The molecule has 5 rings (SSSR count). The first kappa shape index (κ1) is 26.9. The summed E-state index contributed by atoms with van der Waals surface area (Å²) in [7, 11) is 0. The second-order valence-corrected chi connectivity index (χ2v) is 9.27. The third kappa shape index (κ3) is 6.29. The number of benzene rings is 3. The minimum atomic E-state index is -1.23. The Morgan fingerprint density at radius 2 is 1.80 bits per heavy atom. The van der Waals surface area contributed by atoms with Gasteiger partial charge in [-0.1, -0.05) is 18.2 Å². The summed E-state index contributed by atoms with van der Waals surface area (Å²) >= 11 is 0. The number of phenolic OH excluding ortho intramolecular Hbond substituents is 1. The predicted molar refractivity (Wildman–Crippen MR) is 140 cm³/mol. The molecule has 1 saturated heterocycles. The van der Waals surface area contributed by atoms with Crippen LogP contribution in [0.4, 0.5) is 14.5 Å². The van der Waals surface area contributed by atoms with Crippen LogP contribution in [0.1, 0.15) is 24.4 Å². The molecule has 2 heterocycles. The second-order valence-electron chi connectivity index (χ2n) is 9.27. The van der Waals surface area contributed by atoms with Crippen molar-refractivity contribution in [3.05, 3.63) is 90.0 Å². The molecule has 1 aromatic heterocycles. The first-order valence-corrected chi connectivity index (χ1v) is 12.7. The number of carbonyl (C=O) groups is 2. The van der Waals surface area contributed by atoms with Crippen LogP contribution in [-0.2, 0) is 20.9 Å². The lowest BCUT2D eigenvalue weighted by molar-refractivity contribution is -0.127. The van der Waals surface area contributed by atoms with Gasteiger partial charge in [0.25, 0.3) is 5.91 Å². The number of anilines is 1. The van der Waals surface area contributed by atoms with Gasteiger partial charge in [-0.25, -0.2) is 8.78 Å².